The van der Waals surface area contributed by atoms with Gasteiger partial charge in [-0.2, -0.15) is 5.10 Å². The van der Waals surface area contributed by atoms with E-state index in [1.54, 1.807) is 19.2 Å². The van der Waals surface area contributed by atoms with Crippen molar-refractivity contribution in [3.63, 3.8) is 0 Å². The zero-order valence-corrected chi connectivity index (χ0v) is 15.0. The number of carbonyl (C=O) groups is 3. The predicted octanol–water partition coefficient (Wildman–Crippen LogP) is -0.260. The Morgan fingerprint density at radius 2 is 1.85 bits per heavy atom. The molecule has 27 heavy (non-hydrogen) atoms. The van der Waals surface area contributed by atoms with Crippen LogP contribution in [0.2, 0.25) is 0 Å². The molecule has 10 nitrogen and oxygen atoms in total. The lowest BCUT2D eigenvalue weighted by Crippen LogP contribution is -2.36. The van der Waals surface area contributed by atoms with Gasteiger partial charge in [-0.25, -0.2) is 4.79 Å². The van der Waals surface area contributed by atoms with Gasteiger partial charge in [-0.3, -0.25) is 14.3 Å². The average Bonchev–Trinajstić information content (AvgIpc) is 3.07. The summed E-state index contributed by atoms with van der Waals surface area (Å²) in [6, 6.07) is 8.65. The van der Waals surface area contributed by atoms with Crippen molar-refractivity contribution in [2.75, 3.05) is 32.6 Å². The molecule has 0 radical (unpaired) electrons. The number of rotatable bonds is 8. The van der Waals surface area contributed by atoms with Crippen LogP contribution < -0.4 is 21.1 Å². The number of nitrogens with zero attached hydrogens (tertiary/aromatic N) is 2. The van der Waals surface area contributed by atoms with Crippen LogP contribution >= 0.6 is 0 Å². The monoisotopic (exact) mass is 375 g/mol. The Morgan fingerprint density at radius 1 is 1.15 bits per heavy atom. The van der Waals surface area contributed by atoms with Gasteiger partial charge in [-0.1, -0.05) is 12.1 Å². The summed E-state index contributed by atoms with van der Waals surface area (Å²) >= 11 is 0. The SMILES string of the molecule is COC(=O)c1cc(NC(=O)CNC(=O)CN)nn1Cc1ccc(OC)cc1. The van der Waals surface area contributed by atoms with Gasteiger partial charge in [0.15, 0.2) is 5.82 Å². The molecule has 4 N–H and O–H groups in total. The molecule has 10 heteroatoms. The minimum absolute atomic E-state index is 0.163. The van der Waals surface area contributed by atoms with Crippen molar-refractivity contribution in [2.45, 2.75) is 6.54 Å². The highest BCUT2D eigenvalue weighted by atomic mass is 16.5. The molecule has 1 aromatic heterocycles. The van der Waals surface area contributed by atoms with E-state index in [1.165, 1.54) is 17.9 Å². The lowest BCUT2D eigenvalue weighted by Gasteiger charge is -2.07. The Morgan fingerprint density at radius 3 is 2.44 bits per heavy atom. The third-order valence-electron chi connectivity index (χ3n) is 3.56. The standard InChI is InChI=1S/C17H21N5O5/c1-26-12-5-3-11(4-6-12)10-22-13(17(25)27-2)7-14(21-22)20-16(24)9-19-15(23)8-18/h3-7H,8-10,18H2,1-2H3,(H,19,23)(H,20,21,24). The van der Waals surface area contributed by atoms with Crippen molar-refractivity contribution in [1.82, 2.24) is 15.1 Å². The van der Waals surface area contributed by atoms with Gasteiger partial charge < -0.3 is 25.8 Å². The first-order valence-corrected chi connectivity index (χ1v) is 8.02. The van der Waals surface area contributed by atoms with Crippen molar-refractivity contribution in [1.29, 1.82) is 0 Å². The molecule has 0 saturated carbocycles. The second-order valence-electron chi connectivity index (χ2n) is 5.44. The number of amides is 2. The number of ether oxygens (including phenoxy) is 2. The summed E-state index contributed by atoms with van der Waals surface area (Å²) in [4.78, 5) is 35.0. The maximum absolute atomic E-state index is 12.0. The first kappa shape index (κ1) is 19.9. The van der Waals surface area contributed by atoms with Crippen LogP contribution in [0.5, 0.6) is 5.75 Å². The summed E-state index contributed by atoms with van der Waals surface area (Å²) in [6.45, 7) is -0.181. The van der Waals surface area contributed by atoms with E-state index in [1.807, 2.05) is 12.1 Å². The van der Waals surface area contributed by atoms with Crippen LogP contribution in [0.25, 0.3) is 0 Å². The first-order chi connectivity index (χ1) is 13.0. The fourth-order valence-corrected chi connectivity index (χ4v) is 2.21. The molecular formula is C17H21N5O5. The molecule has 0 bridgehead atoms. The first-order valence-electron chi connectivity index (χ1n) is 8.02. The highest BCUT2D eigenvalue weighted by molar-refractivity contribution is 5.95. The Balaban J connectivity index is 2.14. The van der Waals surface area contributed by atoms with Gasteiger partial charge in [0.1, 0.15) is 11.4 Å². The van der Waals surface area contributed by atoms with E-state index in [4.69, 9.17) is 15.2 Å². The summed E-state index contributed by atoms with van der Waals surface area (Å²) in [5.74, 6) is -0.670. The molecule has 144 valence electrons. The van der Waals surface area contributed by atoms with Crippen LogP contribution in [0.4, 0.5) is 5.82 Å². The molecule has 2 amide bonds. The zero-order valence-electron chi connectivity index (χ0n) is 15.0. The molecule has 0 atom stereocenters. The van der Waals surface area contributed by atoms with E-state index >= 15 is 0 Å². The van der Waals surface area contributed by atoms with E-state index in [0.717, 1.165) is 5.56 Å². The van der Waals surface area contributed by atoms with Crippen molar-refractivity contribution in [3.8, 4) is 5.75 Å². The molecule has 0 aliphatic heterocycles. The lowest BCUT2D eigenvalue weighted by molar-refractivity contribution is -0.123. The van der Waals surface area contributed by atoms with Crippen LogP contribution in [0.1, 0.15) is 16.1 Å². The highest BCUT2D eigenvalue weighted by Crippen LogP contribution is 2.16. The maximum atomic E-state index is 12.0. The Kier molecular flexibility index (Phi) is 6.89. The molecule has 0 aliphatic rings. The zero-order chi connectivity index (χ0) is 19.8. The third-order valence-corrected chi connectivity index (χ3v) is 3.56. The van der Waals surface area contributed by atoms with Gasteiger partial charge in [0, 0.05) is 6.07 Å². The predicted molar refractivity (Wildman–Crippen MR) is 96.4 cm³/mol. The molecule has 1 aromatic carbocycles. The van der Waals surface area contributed by atoms with E-state index in [2.05, 4.69) is 15.7 Å². The van der Waals surface area contributed by atoms with Crippen LogP contribution in [0.3, 0.4) is 0 Å². The minimum atomic E-state index is -0.590. The maximum Gasteiger partial charge on any atom is 0.356 e. The van der Waals surface area contributed by atoms with Gasteiger partial charge in [0.25, 0.3) is 0 Å². The molecule has 1 heterocycles. The second-order valence-corrected chi connectivity index (χ2v) is 5.44. The molecule has 0 saturated heterocycles. The van der Waals surface area contributed by atoms with Gasteiger partial charge in [-0.05, 0) is 17.7 Å². The van der Waals surface area contributed by atoms with E-state index in [9.17, 15) is 14.4 Å². The summed E-state index contributed by atoms with van der Waals surface area (Å²) in [5.41, 5.74) is 6.20. The number of anilines is 1. The van der Waals surface area contributed by atoms with Crippen molar-refractivity contribution >= 4 is 23.6 Å². The second kappa shape index (κ2) is 9.34. The van der Waals surface area contributed by atoms with Crippen molar-refractivity contribution < 1.29 is 23.9 Å². The van der Waals surface area contributed by atoms with Crippen molar-refractivity contribution in [2.24, 2.45) is 5.73 Å². The normalized spacial score (nSPS) is 10.2. The molecule has 0 unspecified atom stereocenters. The average molecular weight is 375 g/mol. The molecular weight excluding hydrogens is 354 g/mol. The third kappa shape index (κ3) is 5.54. The van der Waals surface area contributed by atoms with Gasteiger partial charge in [0.05, 0.1) is 33.9 Å². The van der Waals surface area contributed by atoms with E-state index < -0.39 is 17.8 Å². The van der Waals surface area contributed by atoms with E-state index in [0.29, 0.717) is 5.75 Å². The fraction of sp³-hybridized carbons (Fsp3) is 0.294. The Bertz CT molecular complexity index is 816. The Hall–Kier alpha value is -3.40. The van der Waals surface area contributed by atoms with Crippen LogP contribution in [-0.2, 0) is 20.9 Å². The molecule has 0 aliphatic carbocycles. The number of benzene rings is 1. The van der Waals surface area contributed by atoms with Crippen LogP contribution in [0.15, 0.2) is 30.3 Å². The number of esters is 1. The van der Waals surface area contributed by atoms with Crippen LogP contribution in [0, 0.1) is 0 Å². The summed E-state index contributed by atoms with van der Waals surface area (Å²) < 4.78 is 11.3. The fourth-order valence-electron chi connectivity index (χ4n) is 2.21. The lowest BCUT2D eigenvalue weighted by atomic mass is 10.2. The van der Waals surface area contributed by atoms with E-state index in [-0.39, 0.29) is 31.1 Å². The topological polar surface area (TPSA) is 138 Å². The number of carbonyl (C=O) groups excluding carboxylic acids is 3. The number of methoxy groups -OCH3 is 2. The molecule has 0 fully saturated rings. The van der Waals surface area contributed by atoms with Gasteiger partial charge in [0.2, 0.25) is 11.8 Å². The summed E-state index contributed by atoms with van der Waals surface area (Å²) in [7, 11) is 2.83. The number of aromatic nitrogens is 2. The summed E-state index contributed by atoms with van der Waals surface area (Å²) in [6.07, 6.45) is 0. The quantitative estimate of drug-likeness (QED) is 0.541. The molecule has 2 rings (SSSR count). The van der Waals surface area contributed by atoms with Gasteiger partial charge >= 0.3 is 5.97 Å². The molecule has 2 aromatic rings. The molecule has 0 spiro atoms. The van der Waals surface area contributed by atoms with Gasteiger partial charge in [-0.15, -0.1) is 0 Å². The number of nitrogens with one attached hydrogen (secondary N) is 2. The number of hydrogen-bond acceptors (Lipinski definition) is 7. The highest BCUT2D eigenvalue weighted by Gasteiger charge is 2.17. The largest absolute Gasteiger partial charge is 0.497 e. The Labute approximate surface area is 155 Å². The minimum Gasteiger partial charge on any atom is -0.497 e. The number of nitrogens with two attached hydrogens (primary N) is 1. The smallest absolute Gasteiger partial charge is 0.356 e. The van der Waals surface area contributed by atoms with Crippen LogP contribution in [-0.4, -0.2) is 54.9 Å². The van der Waals surface area contributed by atoms with Crippen molar-refractivity contribution in [3.05, 3.63) is 41.6 Å². The number of hydrogen-bond donors (Lipinski definition) is 3. The summed E-state index contributed by atoms with van der Waals surface area (Å²) in [5, 5.41) is 9.07.